The van der Waals surface area contributed by atoms with Crippen molar-refractivity contribution in [2.75, 3.05) is 32.1 Å². The lowest BCUT2D eigenvalue weighted by molar-refractivity contribution is -0.124. The molecule has 0 saturated heterocycles. The number of nitrogens with zero attached hydrogens (tertiary/aromatic N) is 1. The molecule has 6 nitrogen and oxygen atoms in total. The summed E-state index contributed by atoms with van der Waals surface area (Å²) in [5.74, 6) is 1.01. The van der Waals surface area contributed by atoms with Gasteiger partial charge in [0, 0.05) is 6.04 Å². The second-order valence-corrected chi connectivity index (χ2v) is 7.39. The monoisotopic (exact) mass is 375 g/mol. The predicted octanol–water partition coefficient (Wildman–Crippen LogP) is 3.04. The molecule has 0 radical (unpaired) electrons. The van der Waals surface area contributed by atoms with Gasteiger partial charge >= 0.3 is 0 Å². The molecule has 1 fully saturated rings. The Morgan fingerprint density at radius 2 is 1.85 bits per heavy atom. The van der Waals surface area contributed by atoms with Crippen molar-refractivity contribution in [1.29, 1.82) is 0 Å². The topological polar surface area (TPSA) is 70.7 Å². The van der Waals surface area contributed by atoms with Crippen molar-refractivity contribution in [3.8, 4) is 5.75 Å². The maximum absolute atomic E-state index is 12.5. The van der Waals surface area contributed by atoms with Gasteiger partial charge in [0.1, 0.15) is 5.75 Å². The Hall–Kier alpha value is -2.08. The van der Waals surface area contributed by atoms with Crippen molar-refractivity contribution in [2.45, 2.75) is 52.0 Å². The van der Waals surface area contributed by atoms with Gasteiger partial charge in [0.25, 0.3) is 0 Å². The molecule has 1 aliphatic carbocycles. The number of benzene rings is 1. The SMILES string of the molecule is CCCN(CC(=O)Nc1ccccc1OC)CC(=O)N[C@@H]1CCCC[C@@H]1C. The number of rotatable bonds is 9. The fraction of sp³-hybridized carbons (Fsp3) is 0.619. The van der Waals surface area contributed by atoms with Gasteiger partial charge in [-0.3, -0.25) is 14.5 Å². The molecule has 6 heteroatoms. The number of para-hydroxylation sites is 2. The third-order valence-electron chi connectivity index (χ3n) is 5.11. The van der Waals surface area contributed by atoms with Gasteiger partial charge in [-0.2, -0.15) is 0 Å². The second-order valence-electron chi connectivity index (χ2n) is 7.39. The quantitative estimate of drug-likeness (QED) is 0.696. The summed E-state index contributed by atoms with van der Waals surface area (Å²) in [5, 5.41) is 6.04. The molecule has 150 valence electrons. The summed E-state index contributed by atoms with van der Waals surface area (Å²) in [6.45, 7) is 5.38. The van der Waals surface area contributed by atoms with Crippen LogP contribution in [0.2, 0.25) is 0 Å². The first kappa shape index (κ1) is 21.2. The molecular formula is C21H33N3O3. The number of hydrogen-bond donors (Lipinski definition) is 2. The zero-order chi connectivity index (χ0) is 19.6. The number of hydrogen-bond acceptors (Lipinski definition) is 4. The minimum atomic E-state index is -0.146. The van der Waals surface area contributed by atoms with E-state index in [4.69, 9.17) is 4.74 Å². The summed E-state index contributed by atoms with van der Waals surface area (Å²) in [6.07, 6.45) is 5.53. The molecule has 0 bridgehead atoms. The summed E-state index contributed by atoms with van der Waals surface area (Å²) < 4.78 is 5.27. The number of anilines is 1. The maximum atomic E-state index is 12.5. The van der Waals surface area contributed by atoms with Crippen molar-refractivity contribution in [1.82, 2.24) is 10.2 Å². The van der Waals surface area contributed by atoms with Crippen molar-refractivity contribution in [3.05, 3.63) is 24.3 Å². The molecular weight excluding hydrogens is 342 g/mol. The Morgan fingerprint density at radius 1 is 1.15 bits per heavy atom. The highest BCUT2D eigenvalue weighted by Gasteiger charge is 2.24. The highest BCUT2D eigenvalue weighted by molar-refractivity contribution is 5.94. The smallest absolute Gasteiger partial charge is 0.238 e. The molecule has 1 aromatic rings. The predicted molar refractivity (Wildman–Crippen MR) is 108 cm³/mol. The molecule has 0 aromatic heterocycles. The van der Waals surface area contributed by atoms with Crippen LogP contribution in [0.3, 0.4) is 0 Å². The summed E-state index contributed by atoms with van der Waals surface area (Å²) in [5.41, 5.74) is 0.641. The van der Waals surface area contributed by atoms with E-state index in [2.05, 4.69) is 17.6 Å². The van der Waals surface area contributed by atoms with Crippen LogP contribution in [0.1, 0.15) is 46.0 Å². The van der Waals surface area contributed by atoms with Gasteiger partial charge < -0.3 is 15.4 Å². The second kappa shape index (κ2) is 10.9. The molecule has 2 amide bonds. The fourth-order valence-electron chi connectivity index (χ4n) is 3.66. The van der Waals surface area contributed by atoms with E-state index in [1.165, 1.54) is 19.3 Å². The highest BCUT2D eigenvalue weighted by atomic mass is 16.5. The van der Waals surface area contributed by atoms with Gasteiger partial charge in [0.15, 0.2) is 0 Å². The van der Waals surface area contributed by atoms with E-state index in [1.807, 2.05) is 24.0 Å². The van der Waals surface area contributed by atoms with Crippen molar-refractivity contribution in [2.24, 2.45) is 5.92 Å². The molecule has 1 aliphatic rings. The first-order chi connectivity index (χ1) is 13.0. The summed E-state index contributed by atoms with van der Waals surface area (Å²) in [7, 11) is 1.57. The molecule has 0 heterocycles. The van der Waals surface area contributed by atoms with E-state index in [0.29, 0.717) is 23.9 Å². The van der Waals surface area contributed by atoms with Crippen LogP contribution in [0.15, 0.2) is 24.3 Å². The normalized spacial score (nSPS) is 19.6. The molecule has 2 N–H and O–H groups in total. The van der Waals surface area contributed by atoms with Crippen molar-refractivity contribution < 1.29 is 14.3 Å². The third kappa shape index (κ3) is 6.86. The largest absolute Gasteiger partial charge is 0.495 e. The summed E-state index contributed by atoms with van der Waals surface area (Å²) in [4.78, 5) is 26.8. The summed E-state index contributed by atoms with van der Waals surface area (Å²) >= 11 is 0. The van der Waals surface area contributed by atoms with Crippen LogP contribution in [0, 0.1) is 5.92 Å². The highest BCUT2D eigenvalue weighted by Crippen LogP contribution is 2.24. The van der Waals surface area contributed by atoms with Crippen LogP contribution < -0.4 is 15.4 Å². The van der Waals surface area contributed by atoms with Gasteiger partial charge in [0.2, 0.25) is 11.8 Å². The zero-order valence-corrected chi connectivity index (χ0v) is 16.8. The van der Waals surface area contributed by atoms with E-state index < -0.39 is 0 Å². The average Bonchev–Trinajstić information content (AvgIpc) is 2.64. The van der Waals surface area contributed by atoms with Crippen LogP contribution in [0.4, 0.5) is 5.69 Å². The number of ether oxygens (including phenoxy) is 1. The Kier molecular flexibility index (Phi) is 8.58. The zero-order valence-electron chi connectivity index (χ0n) is 16.8. The van der Waals surface area contributed by atoms with E-state index in [0.717, 1.165) is 12.8 Å². The van der Waals surface area contributed by atoms with Crippen LogP contribution in [-0.2, 0) is 9.59 Å². The fourth-order valence-corrected chi connectivity index (χ4v) is 3.66. The minimum absolute atomic E-state index is 0.00675. The van der Waals surface area contributed by atoms with E-state index in [9.17, 15) is 9.59 Å². The van der Waals surface area contributed by atoms with E-state index in [-0.39, 0.29) is 30.9 Å². The molecule has 0 unspecified atom stereocenters. The lowest BCUT2D eigenvalue weighted by Gasteiger charge is -2.30. The van der Waals surface area contributed by atoms with Crippen LogP contribution in [0.25, 0.3) is 0 Å². The van der Waals surface area contributed by atoms with Crippen molar-refractivity contribution in [3.63, 3.8) is 0 Å². The lowest BCUT2D eigenvalue weighted by atomic mass is 9.86. The van der Waals surface area contributed by atoms with Crippen molar-refractivity contribution >= 4 is 17.5 Å². The molecule has 27 heavy (non-hydrogen) atoms. The van der Waals surface area contributed by atoms with E-state index in [1.54, 1.807) is 19.2 Å². The molecule has 0 spiro atoms. The minimum Gasteiger partial charge on any atom is -0.495 e. The number of nitrogens with one attached hydrogen (secondary N) is 2. The van der Waals surface area contributed by atoms with Gasteiger partial charge in [-0.05, 0) is 43.9 Å². The first-order valence-corrected chi connectivity index (χ1v) is 9.98. The Bertz CT molecular complexity index is 620. The standard InChI is InChI=1S/C21H33N3O3/c1-4-13-24(14-20(25)22-17-10-6-5-9-16(17)2)15-21(26)23-18-11-7-8-12-19(18)27-3/h7-8,11-12,16-17H,4-6,9-10,13-15H2,1-3H3,(H,22,25)(H,23,26)/t16-,17+/m0/s1. The van der Waals surface area contributed by atoms with Gasteiger partial charge in [-0.25, -0.2) is 0 Å². The molecule has 1 aromatic carbocycles. The Balaban J connectivity index is 1.88. The first-order valence-electron chi connectivity index (χ1n) is 9.98. The average molecular weight is 376 g/mol. The summed E-state index contributed by atoms with van der Waals surface area (Å²) in [6, 6.07) is 7.57. The number of methoxy groups -OCH3 is 1. The Labute approximate surface area is 162 Å². The van der Waals surface area contributed by atoms with Crippen LogP contribution >= 0.6 is 0 Å². The maximum Gasteiger partial charge on any atom is 0.238 e. The van der Waals surface area contributed by atoms with Gasteiger partial charge in [0.05, 0.1) is 25.9 Å². The molecule has 1 saturated carbocycles. The molecule has 2 rings (SSSR count). The molecule has 0 aliphatic heterocycles. The number of carbonyl (C=O) groups excluding carboxylic acids is 2. The lowest BCUT2D eigenvalue weighted by Crippen LogP contribution is -2.47. The van der Waals surface area contributed by atoms with Crippen LogP contribution in [0.5, 0.6) is 5.75 Å². The van der Waals surface area contributed by atoms with E-state index >= 15 is 0 Å². The number of carbonyl (C=O) groups is 2. The molecule has 2 atom stereocenters. The third-order valence-corrected chi connectivity index (χ3v) is 5.11. The Morgan fingerprint density at radius 3 is 2.56 bits per heavy atom. The van der Waals surface area contributed by atoms with Crippen LogP contribution in [-0.4, -0.2) is 49.5 Å². The van der Waals surface area contributed by atoms with Gasteiger partial charge in [-0.1, -0.05) is 38.8 Å². The van der Waals surface area contributed by atoms with Gasteiger partial charge in [-0.15, -0.1) is 0 Å². The number of amides is 2.